The quantitative estimate of drug-likeness (QED) is 0.379. The number of aromatic nitrogens is 7. The first-order valence-electron chi connectivity index (χ1n) is 10.2. The van der Waals surface area contributed by atoms with Crippen LogP contribution in [0, 0.1) is 0 Å². The Kier molecular flexibility index (Phi) is 4.59. The van der Waals surface area contributed by atoms with Gasteiger partial charge in [0.25, 0.3) is 5.89 Å². The van der Waals surface area contributed by atoms with Crippen molar-refractivity contribution in [2.75, 3.05) is 11.4 Å². The monoisotopic (exact) mass is 486 g/mol. The van der Waals surface area contributed by atoms with Gasteiger partial charge in [0.05, 0.1) is 28.8 Å². The van der Waals surface area contributed by atoms with Gasteiger partial charge in [0, 0.05) is 24.9 Å². The Morgan fingerprint density at radius 2 is 2.00 bits per heavy atom. The van der Waals surface area contributed by atoms with E-state index in [-0.39, 0.29) is 17.6 Å². The fraction of sp³-hybridized carbons (Fsp3) is 0.190. The third-order valence-electron chi connectivity index (χ3n) is 5.63. The first-order valence-corrected chi connectivity index (χ1v) is 10.6. The van der Waals surface area contributed by atoms with E-state index in [4.69, 9.17) is 16.0 Å². The third kappa shape index (κ3) is 3.37. The molecule has 0 aliphatic carbocycles. The zero-order valence-electron chi connectivity index (χ0n) is 17.2. The van der Waals surface area contributed by atoms with E-state index in [0.29, 0.717) is 23.8 Å². The Hall–Kier alpha value is -3.93. The molecular formula is C21H14ClF3N8O. The van der Waals surface area contributed by atoms with Gasteiger partial charge in [0.1, 0.15) is 16.9 Å². The predicted molar refractivity (Wildman–Crippen MR) is 114 cm³/mol. The van der Waals surface area contributed by atoms with E-state index in [1.54, 1.807) is 16.9 Å². The second-order valence-corrected chi connectivity index (χ2v) is 8.07. The summed E-state index contributed by atoms with van der Waals surface area (Å²) in [5.74, 6) is 0.00773. The van der Waals surface area contributed by atoms with Crippen molar-refractivity contribution in [3.8, 4) is 11.6 Å². The predicted octanol–water partition coefficient (Wildman–Crippen LogP) is 4.33. The molecule has 5 aromatic heterocycles. The number of rotatable bonds is 3. The van der Waals surface area contributed by atoms with Crippen molar-refractivity contribution in [2.45, 2.75) is 18.6 Å². The summed E-state index contributed by atoms with van der Waals surface area (Å²) in [7, 11) is 0. The van der Waals surface area contributed by atoms with Gasteiger partial charge < -0.3 is 14.3 Å². The average Bonchev–Trinajstić information content (AvgIpc) is 3.57. The Balaban J connectivity index is 1.39. The minimum atomic E-state index is -4.48. The van der Waals surface area contributed by atoms with Gasteiger partial charge >= 0.3 is 12.2 Å². The van der Waals surface area contributed by atoms with Crippen molar-refractivity contribution < 1.29 is 17.6 Å². The molecule has 1 aliphatic rings. The molecule has 1 N–H and O–H groups in total. The number of fused-ring (bicyclic) bond motifs is 2. The summed E-state index contributed by atoms with van der Waals surface area (Å²) in [6.45, 7) is 0.517. The summed E-state index contributed by atoms with van der Waals surface area (Å²) in [4.78, 5) is 13.3. The summed E-state index contributed by atoms with van der Waals surface area (Å²) in [6.07, 6.45) is -1.48. The fourth-order valence-electron chi connectivity index (χ4n) is 4.04. The van der Waals surface area contributed by atoms with Gasteiger partial charge in [-0.05, 0) is 30.3 Å². The molecule has 0 unspecified atom stereocenters. The molecule has 0 bridgehead atoms. The van der Waals surface area contributed by atoms with E-state index in [2.05, 4.69) is 30.2 Å². The topological polar surface area (TPSA) is 101 Å². The number of nitrogens with one attached hydrogen (secondary N) is 1. The number of halogens is 4. The van der Waals surface area contributed by atoms with Crippen LogP contribution in [0.5, 0.6) is 0 Å². The van der Waals surface area contributed by atoms with Crippen LogP contribution in [0.2, 0.25) is 5.15 Å². The molecule has 0 amide bonds. The average molecular weight is 487 g/mol. The molecule has 0 radical (unpaired) electrons. The molecule has 6 heterocycles. The summed E-state index contributed by atoms with van der Waals surface area (Å²) < 4.78 is 46.0. The number of hydrogen-bond donors (Lipinski definition) is 1. The second-order valence-electron chi connectivity index (χ2n) is 7.69. The highest BCUT2D eigenvalue weighted by molar-refractivity contribution is 6.29. The van der Waals surface area contributed by atoms with E-state index in [0.717, 1.165) is 29.2 Å². The van der Waals surface area contributed by atoms with Crippen molar-refractivity contribution in [3.05, 3.63) is 76.7 Å². The first-order chi connectivity index (χ1) is 16.4. The number of anilines is 1. The molecule has 6 rings (SSSR count). The fourth-order valence-corrected chi connectivity index (χ4v) is 4.25. The molecule has 1 aliphatic heterocycles. The smallest absolute Gasteiger partial charge is 0.402 e. The van der Waals surface area contributed by atoms with Crippen LogP contribution in [0.1, 0.15) is 28.7 Å². The molecule has 0 fully saturated rings. The van der Waals surface area contributed by atoms with Crippen molar-refractivity contribution in [3.63, 3.8) is 0 Å². The van der Waals surface area contributed by atoms with Gasteiger partial charge in [-0.2, -0.15) is 18.3 Å². The number of aromatic amines is 1. The van der Waals surface area contributed by atoms with E-state index in [1.807, 2.05) is 23.1 Å². The Bertz CT molecular complexity index is 1490. The highest BCUT2D eigenvalue weighted by atomic mass is 35.5. The maximum absolute atomic E-state index is 12.8. The van der Waals surface area contributed by atoms with Gasteiger partial charge in [0.15, 0.2) is 0 Å². The van der Waals surface area contributed by atoms with Crippen LogP contribution in [0.25, 0.3) is 17.1 Å². The van der Waals surface area contributed by atoms with Gasteiger partial charge in [-0.1, -0.05) is 22.8 Å². The normalized spacial score (nSPS) is 16.2. The maximum Gasteiger partial charge on any atom is 0.417 e. The van der Waals surface area contributed by atoms with E-state index in [9.17, 15) is 13.2 Å². The summed E-state index contributed by atoms with van der Waals surface area (Å²) >= 11 is 6.30. The SMILES string of the molecule is FC(F)(F)c1ccc(-c2nnc(N3CCc4[nH]cnc4[C@H]3c3cc4cccc(Cl)n4n3)o2)nc1. The molecule has 9 nitrogen and oxygen atoms in total. The number of nitrogens with zero attached hydrogens (tertiary/aromatic N) is 7. The summed E-state index contributed by atoms with van der Waals surface area (Å²) in [5.41, 5.74) is 2.49. The van der Waals surface area contributed by atoms with Crippen LogP contribution in [-0.2, 0) is 12.6 Å². The van der Waals surface area contributed by atoms with E-state index in [1.165, 1.54) is 6.07 Å². The van der Waals surface area contributed by atoms with Crippen LogP contribution in [-0.4, -0.2) is 41.3 Å². The maximum atomic E-state index is 12.8. The Labute approximate surface area is 194 Å². The van der Waals surface area contributed by atoms with E-state index >= 15 is 0 Å². The zero-order valence-corrected chi connectivity index (χ0v) is 17.9. The Morgan fingerprint density at radius 3 is 2.76 bits per heavy atom. The van der Waals surface area contributed by atoms with Gasteiger partial charge in [-0.25, -0.2) is 9.50 Å². The van der Waals surface area contributed by atoms with Crippen molar-refractivity contribution in [1.82, 2.24) is 34.8 Å². The van der Waals surface area contributed by atoms with Gasteiger partial charge in [-0.15, -0.1) is 5.10 Å². The zero-order chi connectivity index (χ0) is 23.4. The number of pyridine rings is 2. The lowest BCUT2D eigenvalue weighted by molar-refractivity contribution is -0.137. The lowest BCUT2D eigenvalue weighted by Crippen LogP contribution is -2.36. The Morgan fingerprint density at radius 1 is 1.12 bits per heavy atom. The largest absolute Gasteiger partial charge is 0.417 e. The van der Waals surface area contributed by atoms with Crippen LogP contribution in [0.3, 0.4) is 0 Å². The minimum absolute atomic E-state index is 0.00773. The molecule has 13 heteroatoms. The number of hydrogen-bond acceptors (Lipinski definition) is 7. The lowest BCUT2D eigenvalue weighted by Gasteiger charge is -2.32. The molecule has 5 aromatic rings. The molecule has 0 saturated heterocycles. The third-order valence-corrected chi connectivity index (χ3v) is 5.92. The summed E-state index contributed by atoms with van der Waals surface area (Å²) in [6, 6.07) is 9.23. The molecule has 0 aromatic carbocycles. The highest BCUT2D eigenvalue weighted by Gasteiger charge is 2.36. The standard InChI is InChI=1S/C21H14ClF3N8O/c22-16-3-1-2-12-8-15(31-33(12)16)18-17-13(27-10-28-17)6-7-32(18)20-30-29-19(34-20)14-5-4-11(9-26-14)21(23,24)25/h1-5,8-10,18H,6-7H2,(H,27,28)/t18-/m1/s1. The molecular weight excluding hydrogens is 473 g/mol. The number of imidazole rings is 1. The highest BCUT2D eigenvalue weighted by Crippen LogP contribution is 2.37. The molecule has 0 saturated carbocycles. The molecule has 172 valence electrons. The van der Waals surface area contributed by atoms with Gasteiger partial charge in [-0.3, -0.25) is 4.98 Å². The number of H-pyrrole nitrogens is 1. The molecule has 34 heavy (non-hydrogen) atoms. The number of alkyl halides is 3. The van der Waals surface area contributed by atoms with E-state index < -0.39 is 17.8 Å². The molecule has 0 spiro atoms. The van der Waals surface area contributed by atoms with Crippen molar-refractivity contribution in [1.29, 1.82) is 0 Å². The van der Waals surface area contributed by atoms with Gasteiger partial charge in [0.2, 0.25) is 0 Å². The van der Waals surface area contributed by atoms with Crippen LogP contribution in [0.15, 0.2) is 53.3 Å². The molecule has 1 atom stereocenters. The second kappa shape index (κ2) is 7.55. The lowest BCUT2D eigenvalue weighted by atomic mass is 10.0. The minimum Gasteiger partial charge on any atom is -0.402 e. The van der Waals surface area contributed by atoms with Crippen LogP contribution in [0.4, 0.5) is 19.2 Å². The van der Waals surface area contributed by atoms with Crippen molar-refractivity contribution >= 4 is 23.1 Å². The van der Waals surface area contributed by atoms with Crippen molar-refractivity contribution in [2.24, 2.45) is 0 Å². The van der Waals surface area contributed by atoms with Crippen LogP contribution >= 0.6 is 11.6 Å². The first kappa shape index (κ1) is 20.7. The summed E-state index contributed by atoms with van der Waals surface area (Å²) in [5, 5.41) is 13.3. The van der Waals surface area contributed by atoms with Crippen LogP contribution < -0.4 is 4.90 Å².